The summed E-state index contributed by atoms with van der Waals surface area (Å²) in [6, 6.07) is 0. The summed E-state index contributed by atoms with van der Waals surface area (Å²) < 4.78 is 5.21. The minimum absolute atomic E-state index is 0.00135. The van der Waals surface area contributed by atoms with E-state index in [0.717, 1.165) is 0 Å². The summed E-state index contributed by atoms with van der Waals surface area (Å²) in [6.07, 6.45) is -2.33. The van der Waals surface area contributed by atoms with Gasteiger partial charge < -0.3 is 14.9 Å². The minimum atomic E-state index is -0.913. The van der Waals surface area contributed by atoms with Crippen molar-refractivity contribution in [2.45, 2.75) is 38.6 Å². The molecule has 0 aliphatic carbocycles. The molecule has 15 heavy (non-hydrogen) atoms. The van der Waals surface area contributed by atoms with Crippen molar-refractivity contribution in [1.29, 1.82) is 0 Å². The monoisotopic (exact) mass is 216 g/mol. The van der Waals surface area contributed by atoms with E-state index in [1.54, 1.807) is 6.92 Å². The molecule has 0 aromatic heterocycles. The molecule has 5 nitrogen and oxygen atoms in total. The number of aliphatic hydroxyl groups excluding tert-OH is 2. The predicted molar refractivity (Wildman–Crippen MR) is 51.2 cm³/mol. The second-order valence-electron chi connectivity index (χ2n) is 3.97. The van der Waals surface area contributed by atoms with E-state index in [0.29, 0.717) is 0 Å². The molecule has 1 aliphatic heterocycles. The van der Waals surface area contributed by atoms with Crippen LogP contribution in [-0.2, 0) is 14.3 Å². The van der Waals surface area contributed by atoms with Gasteiger partial charge in [0.1, 0.15) is 6.10 Å². The van der Waals surface area contributed by atoms with Crippen molar-refractivity contribution >= 4 is 11.6 Å². The van der Waals surface area contributed by atoms with E-state index in [2.05, 4.69) is 0 Å². The quantitative estimate of drug-likeness (QED) is 0.609. The van der Waals surface area contributed by atoms with Gasteiger partial charge in [0.2, 0.25) is 5.78 Å². The molecule has 0 saturated carbocycles. The Bertz CT molecular complexity index is 263. The van der Waals surface area contributed by atoms with E-state index in [1.165, 1.54) is 6.92 Å². The van der Waals surface area contributed by atoms with Crippen molar-refractivity contribution in [2.75, 3.05) is 6.61 Å². The largest absolute Gasteiger partial charge is 0.390 e. The first-order chi connectivity index (χ1) is 6.93. The summed E-state index contributed by atoms with van der Waals surface area (Å²) in [4.78, 5) is 21.9. The Hall–Kier alpha value is -0.780. The maximum atomic E-state index is 11.2. The number of rotatable bonds is 3. The molecular formula is C10H16O5. The van der Waals surface area contributed by atoms with Gasteiger partial charge in [0, 0.05) is 19.3 Å². The second-order valence-corrected chi connectivity index (χ2v) is 3.97. The molecule has 4 atom stereocenters. The molecular weight excluding hydrogens is 200 g/mol. The molecule has 0 aromatic carbocycles. The lowest BCUT2D eigenvalue weighted by Gasteiger charge is -2.36. The standard InChI is InChI=1S/C10H16O5/c1-5-9(3-7(12)6(2)11)15-4-8(13)10(5)14/h5,8-10,13-14H,3-4H2,1-2H3. The SMILES string of the molecule is CC(=O)C(=O)CC1OCC(O)C(O)C1C. The fourth-order valence-electron chi connectivity index (χ4n) is 1.61. The maximum Gasteiger partial charge on any atom is 0.200 e. The predicted octanol–water partition coefficient (Wildman–Crippen LogP) is -0.709. The zero-order valence-electron chi connectivity index (χ0n) is 8.84. The van der Waals surface area contributed by atoms with Gasteiger partial charge in [-0.25, -0.2) is 0 Å². The summed E-state index contributed by atoms with van der Waals surface area (Å²) in [7, 11) is 0. The van der Waals surface area contributed by atoms with E-state index in [-0.39, 0.29) is 18.9 Å². The molecule has 0 radical (unpaired) electrons. The fraction of sp³-hybridized carbons (Fsp3) is 0.800. The van der Waals surface area contributed by atoms with E-state index < -0.39 is 29.9 Å². The first kappa shape index (κ1) is 12.3. The highest BCUT2D eigenvalue weighted by Crippen LogP contribution is 2.23. The van der Waals surface area contributed by atoms with Gasteiger partial charge >= 0.3 is 0 Å². The van der Waals surface area contributed by atoms with Crippen LogP contribution < -0.4 is 0 Å². The molecule has 0 bridgehead atoms. The van der Waals surface area contributed by atoms with Gasteiger partial charge in [-0.05, 0) is 0 Å². The summed E-state index contributed by atoms with van der Waals surface area (Å²) in [5.41, 5.74) is 0. The molecule has 4 unspecified atom stereocenters. The second kappa shape index (κ2) is 4.83. The van der Waals surface area contributed by atoms with Crippen molar-refractivity contribution in [3.8, 4) is 0 Å². The molecule has 1 rings (SSSR count). The van der Waals surface area contributed by atoms with Crippen molar-refractivity contribution in [2.24, 2.45) is 5.92 Å². The average molecular weight is 216 g/mol. The highest BCUT2D eigenvalue weighted by molar-refractivity contribution is 6.36. The number of aliphatic hydroxyl groups is 2. The lowest BCUT2D eigenvalue weighted by molar-refractivity contribution is -0.161. The lowest BCUT2D eigenvalue weighted by Crippen LogP contribution is -2.48. The zero-order chi connectivity index (χ0) is 11.6. The molecule has 1 heterocycles. The number of ketones is 2. The van der Waals surface area contributed by atoms with Gasteiger partial charge in [0.15, 0.2) is 5.78 Å². The lowest BCUT2D eigenvalue weighted by atomic mass is 9.88. The Morgan fingerprint density at radius 3 is 2.53 bits per heavy atom. The molecule has 1 fully saturated rings. The third-order valence-corrected chi connectivity index (χ3v) is 2.78. The molecule has 0 aromatic rings. The van der Waals surface area contributed by atoms with E-state index in [9.17, 15) is 19.8 Å². The van der Waals surface area contributed by atoms with Crippen LogP contribution in [0.25, 0.3) is 0 Å². The Balaban J connectivity index is 2.56. The van der Waals surface area contributed by atoms with Crippen molar-refractivity contribution in [1.82, 2.24) is 0 Å². The molecule has 1 saturated heterocycles. The number of carbonyl (C=O) groups excluding carboxylic acids is 2. The molecule has 0 spiro atoms. The smallest absolute Gasteiger partial charge is 0.200 e. The van der Waals surface area contributed by atoms with Gasteiger partial charge in [-0.3, -0.25) is 9.59 Å². The van der Waals surface area contributed by atoms with Crippen LogP contribution in [0, 0.1) is 5.92 Å². The van der Waals surface area contributed by atoms with Gasteiger partial charge in [-0.2, -0.15) is 0 Å². The summed E-state index contributed by atoms with van der Waals surface area (Å²) in [6.45, 7) is 2.90. The fourth-order valence-corrected chi connectivity index (χ4v) is 1.61. The maximum absolute atomic E-state index is 11.2. The Morgan fingerprint density at radius 2 is 2.00 bits per heavy atom. The van der Waals surface area contributed by atoms with Gasteiger partial charge in [-0.1, -0.05) is 6.92 Å². The molecule has 5 heteroatoms. The number of carbonyl (C=O) groups is 2. The molecule has 0 amide bonds. The Kier molecular flexibility index (Phi) is 3.96. The van der Waals surface area contributed by atoms with E-state index in [1.807, 2.05) is 0 Å². The van der Waals surface area contributed by atoms with Gasteiger partial charge in [0.25, 0.3) is 0 Å². The summed E-state index contributed by atoms with van der Waals surface area (Å²) >= 11 is 0. The number of hydrogen-bond acceptors (Lipinski definition) is 5. The third kappa shape index (κ3) is 2.84. The van der Waals surface area contributed by atoms with E-state index >= 15 is 0 Å². The molecule has 2 N–H and O–H groups in total. The van der Waals surface area contributed by atoms with Crippen LogP contribution in [0.1, 0.15) is 20.3 Å². The molecule has 86 valence electrons. The van der Waals surface area contributed by atoms with Crippen molar-refractivity contribution in [3.63, 3.8) is 0 Å². The first-order valence-electron chi connectivity index (χ1n) is 4.95. The Morgan fingerprint density at radius 1 is 1.40 bits per heavy atom. The van der Waals surface area contributed by atoms with Crippen LogP contribution in [0.2, 0.25) is 0 Å². The van der Waals surface area contributed by atoms with Crippen LogP contribution in [0.15, 0.2) is 0 Å². The summed E-state index contributed by atoms with van der Waals surface area (Å²) in [5, 5.41) is 18.8. The average Bonchev–Trinajstić information content (AvgIpc) is 2.18. The first-order valence-corrected chi connectivity index (χ1v) is 4.95. The molecule has 1 aliphatic rings. The van der Waals surface area contributed by atoms with Crippen LogP contribution in [0.5, 0.6) is 0 Å². The van der Waals surface area contributed by atoms with E-state index in [4.69, 9.17) is 4.74 Å². The Labute approximate surface area is 88.0 Å². The van der Waals surface area contributed by atoms with Crippen LogP contribution in [0.3, 0.4) is 0 Å². The van der Waals surface area contributed by atoms with Crippen LogP contribution >= 0.6 is 0 Å². The van der Waals surface area contributed by atoms with Gasteiger partial charge in [0.05, 0.1) is 18.8 Å². The summed E-state index contributed by atoms with van der Waals surface area (Å²) in [5.74, 6) is -1.36. The third-order valence-electron chi connectivity index (χ3n) is 2.78. The number of hydrogen-bond donors (Lipinski definition) is 2. The zero-order valence-corrected chi connectivity index (χ0v) is 8.84. The normalized spacial score (nSPS) is 36.3. The highest BCUT2D eigenvalue weighted by atomic mass is 16.5. The van der Waals surface area contributed by atoms with Crippen LogP contribution in [0.4, 0.5) is 0 Å². The van der Waals surface area contributed by atoms with Gasteiger partial charge in [-0.15, -0.1) is 0 Å². The number of Topliss-reactive ketones (excluding diaryl/α,β-unsaturated/α-hetero) is 2. The highest BCUT2D eigenvalue weighted by Gasteiger charge is 2.36. The van der Waals surface area contributed by atoms with Crippen LogP contribution in [-0.4, -0.2) is 46.7 Å². The van der Waals surface area contributed by atoms with Crippen molar-refractivity contribution in [3.05, 3.63) is 0 Å². The number of ether oxygens (including phenoxy) is 1. The topological polar surface area (TPSA) is 83.8 Å². The van der Waals surface area contributed by atoms with Crippen molar-refractivity contribution < 1.29 is 24.5 Å². The minimum Gasteiger partial charge on any atom is -0.390 e.